The van der Waals surface area contributed by atoms with Crippen molar-refractivity contribution in [2.75, 3.05) is 19.0 Å². The van der Waals surface area contributed by atoms with Gasteiger partial charge in [-0.25, -0.2) is 0 Å². The molecule has 3 rings (SSSR count). The number of hydrogen-bond donors (Lipinski definition) is 2. The summed E-state index contributed by atoms with van der Waals surface area (Å²) in [5, 5.41) is 6.19. The molecule has 2 N–H and O–H groups in total. The molecule has 1 heterocycles. The molecule has 1 unspecified atom stereocenters. The lowest BCUT2D eigenvalue weighted by Gasteiger charge is -2.25. The molecule has 2 aromatic rings. The van der Waals surface area contributed by atoms with Crippen LogP contribution in [0.5, 0.6) is 5.75 Å². The van der Waals surface area contributed by atoms with Crippen molar-refractivity contribution in [3.8, 4) is 5.75 Å². The molecule has 114 valence electrons. The quantitative estimate of drug-likeness (QED) is 0.912. The second kappa shape index (κ2) is 6.62. The minimum atomic E-state index is -0.160. The summed E-state index contributed by atoms with van der Waals surface area (Å²) in [5.74, 6) is 0.685. The maximum absolute atomic E-state index is 12.7. The summed E-state index contributed by atoms with van der Waals surface area (Å²) in [4.78, 5) is 12.7. The molecule has 4 nitrogen and oxygen atoms in total. The van der Waals surface area contributed by atoms with E-state index in [1.54, 1.807) is 0 Å². The molecule has 1 atom stereocenters. The highest BCUT2D eigenvalue weighted by Gasteiger charge is 2.27. The van der Waals surface area contributed by atoms with Crippen LogP contribution in [0, 0.1) is 0 Å². The number of rotatable bonds is 4. The number of nitrogens with one attached hydrogen (secondary N) is 2. The first-order valence-corrected chi connectivity index (χ1v) is 7.54. The van der Waals surface area contributed by atoms with Crippen molar-refractivity contribution in [3.05, 3.63) is 59.7 Å². The van der Waals surface area contributed by atoms with E-state index in [0.29, 0.717) is 13.0 Å². The van der Waals surface area contributed by atoms with Crippen molar-refractivity contribution < 1.29 is 9.53 Å². The van der Waals surface area contributed by atoms with Crippen LogP contribution in [0.1, 0.15) is 23.5 Å². The van der Waals surface area contributed by atoms with Gasteiger partial charge in [-0.15, -0.1) is 0 Å². The molecule has 22 heavy (non-hydrogen) atoms. The first-order chi connectivity index (χ1) is 10.8. The second-order valence-electron chi connectivity index (χ2n) is 5.40. The Morgan fingerprint density at radius 3 is 2.82 bits per heavy atom. The van der Waals surface area contributed by atoms with Crippen molar-refractivity contribution in [2.45, 2.75) is 18.9 Å². The van der Waals surface area contributed by atoms with E-state index in [4.69, 9.17) is 4.74 Å². The normalized spacial score (nSPS) is 16.5. The lowest BCUT2D eigenvalue weighted by molar-refractivity contribution is -0.118. The van der Waals surface area contributed by atoms with E-state index in [1.807, 2.05) is 55.6 Å². The van der Waals surface area contributed by atoms with E-state index in [2.05, 4.69) is 10.6 Å². The number of carbonyl (C=O) groups is 1. The Morgan fingerprint density at radius 2 is 1.95 bits per heavy atom. The smallest absolute Gasteiger partial charge is 0.232 e. The lowest BCUT2D eigenvalue weighted by Crippen LogP contribution is -2.27. The largest absolute Gasteiger partial charge is 0.493 e. The van der Waals surface area contributed by atoms with E-state index in [0.717, 1.165) is 29.1 Å². The van der Waals surface area contributed by atoms with Crippen LogP contribution in [-0.2, 0) is 11.3 Å². The van der Waals surface area contributed by atoms with E-state index in [1.165, 1.54) is 0 Å². The molecule has 0 bridgehead atoms. The first-order valence-electron chi connectivity index (χ1n) is 7.54. The molecule has 0 spiro atoms. The van der Waals surface area contributed by atoms with E-state index < -0.39 is 0 Å². The molecule has 0 saturated heterocycles. The van der Waals surface area contributed by atoms with Gasteiger partial charge in [0.1, 0.15) is 5.75 Å². The summed E-state index contributed by atoms with van der Waals surface area (Å²) in [6, 6.07) is 15.6. The molecule has 0 radical (unpaired) electrons. The van der Waals surface area contributed by atoms with Crippen molar-refractivity contribution in [1.29, 1.82) is 0 Å². The Morgan fingerprint density at radius 1 is 1.18 bits per heavy atom. The summed E-state index contributed by atoms with van der Waals surface area (Å²) in [7, 11) is 1.90. The second-order valence-corrected chi connectivity index (χ2v) is 5.40. The average Bonchev–Trinajstić information content (AvgIpc) is 2.56. The van der Waals surface area contributed by atoms with Gasteiger partial charge in [0.2, 0.25) is 5.91 Å². The van der Waals surface area contributed by atoms with Crippen molar-refractivity contribution in [1.82, 2.24) is 5.32 Å². The molecule has 0 saturated carbocycles. The zero-order valence-electron chi connectivity index (χ0n) is 12.6. The summed E-state index contributed by atoms with van der Waals surface area (Å²) in [6.07, 6.45) is 0.705. The van der Waals surface area contributed by atoms with Crippen LogP contribution in [0.4, 0.5) is 5.69 Å². The molecular formula is C18H20N2O2. The molecule has 1 aliphatic heterocycles. The number of hydrogen-bond acceptors (Lipinski definition) is 3. The molecule has 0 aromatic heterocycles. The van der Waals surface area contributed by atoms with E-state index in [9.17, 15) is 4.79 Å². The number of amides is 1. The minimum Gasteiger partial charge on any atom is -0.493 e. The van der Waals surface area contributed by atoms with Crippen LogP contribution in [0.15, 0.2) is 48.5 Å². The predicted octanol–water partition coefficient (Wildman–Crippen LogP) is 2.91. The predicted molar refractivity (Wildman–Crippen MR) is 87.1 cm³/mol. The van der Waals surface area contributed by atoms with Gasteiger partial charge in [0.05, 0.1) is 12.5 Å². The third kappa shape index (κ3) is 2.97. The van der Waals surface area contributed by atoms with Gasteiger partial charge in [-0.3, -0.25) is 4.79 Å². The summed E-state index contributed by atoms with van der Waals surface area (Å²) in [5.41, 5.74) is 2.92. The van der Waals surface area contributed by atoms with Crippen LogP contribution in [0.2, 0.25) is 0 Å². The molecule has 0 fully saturated rings. The van der Waals surface area contributed by atoms with Gasteiger partial charge >= 0.3 is 0 Å². The fourth-order valence-electron chi connectivity index (χ4n) is 2.82. The van der Waals surface area contributed by atoms with Crippen molar-refractivity contribution >= 4 is 11.6 Å². The topological polar surface area (TPSA) is 50.4 Å². The molecule has 1 amide bonds. The average molecular weight is 296 g/mol. The van der Waals surface area contributed by atoms with Crippen molar-refractivity contribution in [3.63, 3.8) is 0 Å². The highest BCUT2D eigenvalue weighted by molar-refractivity contribution is 5.97. The summed E-state index contributed by atoms with van der Waals surface area (Å²) in [6.45, 7) is 1.30. The Labute approximate surface area is 130 Å². The molecular weight excluding hydrogens is 276 g/mol. The highest BCUT2D eigenvalue weighted by Crippen LogP contribution is 2.34. The van der Waals surface area contributed by atoms with Crippen LogP contribution >= 0.6 is 0 Å². The summed E-state index contributed by atoms with van der Waals surface area (Å²) < 4.78 is 5.63. The van der Waals surface area contributed by atoms with Crippen LogP contribution in [0.3, 0.4) is 0 Å². The van der Waals surface area contributed by atoms with Gasteiger partial charge in [-0.05, 0) is 31.2 Å². The third-order valence-corrected chi connectivity index (χ3v) is 3.92. The van der Waals surface area contributed by atoms with Gasteiger partial charge in [0.25, 0.3) is 0 Å². The minimum absolute atomic E-state index is 0.0271. The fourth-order valence-corrected chi connectivity index (χ4v) is 2.82. The molecule has 2 aromatic carbocycles. The lowest BCUT2D eigenvalue weighted by atomic mass is 9.92. The van der Waals surface area contributed by atoms with E-state index in [-0.39, 0.29) is 11.8 Å². The molecule has 0 aliphatic carbocycles. The van der Waals surface area contributed by atoms with Gasteiger partial charge < -0.3 is 15.4 Å². The zero-order valence-corrected chi connectivity index (χ0v) is 12.6. The Hall–Kier alpha value is -2.33. The van der Waals surface area contributed by atoms with Crippen LogP contribution in [0.25, 0.3) is 0 Å². The zero-order chi connectivity index (χ0) is 15.4. The fraction of sp³-hybridized carbons (Fsp3) is 0.278. The number of benzene rings is 2. The standard InChI is InChI=1S/C18H20N2O2/c1-19-12-13-6-2-4-8-16(13)20-18(21)15-10-11-22-17-9-5-3-7-14(15)17/h2-9,15,19H,10-12H2,1H3,(H,20,21). The Bertz CT molecular complexity index is 670. The maximum atomic E-state index is 12.7. The van der Waals surface area contributed by atoms with Crippen LogP contribution in [-0.4, -0.2) is 19.6 Å². The third-order valence-electron chi connectivity index (χ3n) is 3.92. The van der Waals surface area contributed by atoms with Crippen molar-refractivity contribution in [2.24, 2.45) is 0 Å². The number of anilines is 1. The highest BCUT2D eigenvalue weighted by atomic mass is 16.5. The number of ether oxygens (including phenoxy) is 1. The van der Waals surface area contributed by atoms with Gasteiger partial charge in [0, 0.05) is 17.8 Å². The molecule has 4 heteroatoms. The van der Waals surface area contributed by atoms with Crippen LogP contribution < -0.4 is 15.4 Å². The maximum Gasteiger partial charge on any atom is 0.232 e. The molecule has 1 aliphatic rings. The van der Waals surface area contributed by atoms with Gasteiger partial charge in [0.15, 0.2) is 0 Å². The Balaban J connectivity index is 1.81. The van der Waals surface area contributed by atoms with E-state index >= 15 is 0 Å². The first kappa shape index (κ1) is 14.6. The Kier molecular flexibility index (Phi) is 4.39. The SMILES string of the molecule is CNCc1ccccc1NC(=O)C1CCOc2ccccc21. The van der Waals surface area contributed by atoms with Gasteiger partial charge in [-0.1, -0.05) is 36.4 Å². The van der Waals surface area contributed by atoms with Gasteiger partial charge in [-0.2, -0.15) is 0 Å². The number of para-hydroxylation sites is 2. The number of fused-ring (bicyclic) bond motifs is 1. The summed E-state index contributed by atoms with van der Waals surface area (Å²) >= 11 is 0. The number of carbonyl (C=O) groups excluding carboxylic acids is 1. The monoisotopic (exact) mass is 296 g/mol.